The highest BCUT2D eigenvalue weighted by Gasteiger charge is 2.23. The zero-order valence-electron chi connectivity index (χ0n) is 15.6. The number of hydrogen-bond donors (Lipinski definition) is 1. The van der Waals surface area contributed by atoms with Crippen molar-refractivity contribution in [3.05, 3.63) is 29.8 Å². The summed E-state index contributed by atoms with van der Waals surface area (Å²) in [5.41, 5.74) is 1.25. The Hall–Kier alpha value is -0.870. The maximum atomic E-state index is 12.6. The molecule has 2 rings (SSSR count). The van der Waals surface area contributed by atoms with E-state index in [0.717, 1.165) is 32.1 Å². The van der Waals surface area contributed by atoms with E-state index in [0.29, 0.717) is 22.6 Å². The fraction of sp³-hybridized carbons (Fsp3) is 0.700. The van der Waals surface area contributed by atoms with Crippen LogP contribution in [0.25, 0.3) is 0 Å². The number of hydrogen-bond acceptors (Lipinski definition) is 2. The van der Waals surface area contributed by atoms with Gasteiger partial charge in [-0.25, -0.2) is 13.1 Å². The average molecular weight is 352 g/mol. The quantitative estimate of drug-likeness (QED) is 0.744. The van der Waals surface area contributed by atoms with Crippen molar-refractivity contribution in [2.75, 3.05) is 0 Å². The second kappa shape index (κ2) is 8.48. The highest BCUT2D eigenvalue weighted by molar-refractivity contribution is 7.89. The Morgan fingerprint density at radius 1 is 1.00 bits per heavy atom. The van der Waals surface area contributed by atoms with Gasteiger partial charge in [0.1, 0.15) is 0 Å². The molecule has 1 aliphatic carbocycles. The van der Waals surface area contributed by atoms with Gasteiger partial charge in [0, 0.05) is 6.04 Å². The zero-order valence-corrected chi connectivity index (χ0v) is 16.4. The summed E-state index contributed by atoms with van der Waals surface area (Å²) in [5.74, 6) is 1.66. The van der Waals surface area contributed by atoms with Crippen molar-refractivity contribution in [3.63, 3.8) is 0 Å². The van der Waals surface area contributed by atoms with E-state index in [4.69, 9.17) is 0 Å². The summed E-state index contributed by atoms with van der Waals surface area (Å²) >= 11 is 0. The SMILES string of the molecule is CC(C)CC(c1ccc(S(=O)(=O)NC2CCCCC2)cc1)C(C)C. The van der Waals surface area contributed by atoms with Crippen LogP contribution in [0.4, 0.5) is 0 Å². The maximum Gasteiger partial charge on any atom is 0.240 e. The topological polar surface area (TPSA) is 46.2 Å². The molecule has 0 saturated heterocycles. The fourth-order valence-electron chi connectivity index (χ4n) is 3.70. The number of benzene rings is 1. The lowest BCUT2D eigenvalue weighted by Gasteiger charge is -2.24. The molecule has 0 heterocycles. The lowest BCUT2D eigenvalue weighted by atomic mass is 9.82. The Bertz CT molecular complexity index is 599. The van der Waals surface area contributed by atoms with Gasteiger partial charge in [-0.1, -0.05) is 59.1 Å². The Labute approximate surface area is 148 Å². The molecule has 1 fully saturated rings. The molecule has 24 heavy (non-hydrogen) atoms. The van der Waals surface area contributed by atoms with E-state index in [1.807, 2.05) is 12.1 Å². The van der Waals surface area contributed by atoms with Crippen molar-refractivity contribution in [2.45, 2.75) is 83.1 Å². The number of nitrogens with one attached hydrogen (secondary N) is 1. The van der Waals surface area contributed by atoms with Gasteiger partial charge in [0.2, 0.25) is 10.0 Å². The highest BCUT2D eigenvalue weighted by atomic mass is 32.2. The zero-order chi connectivity index (χ0) is 17.7. The van der Waals surface area contributed by atoms with E-state index in [2.05, 4.69) is 32.4 Å². The maximum absolute atomic E-state index is 12.6. The van der Waals surface area contributed by atoms with Crippen LogP contribution in [0.5, 0.6) is 0 Å². The Balaban J connectivity index is 2.12. The van der Waals surface area contributed by atoms with Crippen LogP contribution in [-0.4, -0.2) is 14.5 Å². The van der Waals surface area contributed by atoms with E-state index in [1.54, 1.807) is 12.1 Å². The van der Waals surface area contributed by atoms with Gasteiger partial charge in [-0.2, -0.15) is 0 Å². The standard InChI is InChI=1S/C20H33NO2S/c1-15(2)14-20(16(3)4)17-10-12-19(13-11-17)24(22,23)21-18-8-6-5-7-9-18/h10-13,15-16,18,20-21H,5-9,14H2,1-4H3. The smallest absolute Gasteiger partial charge is 0.208 e. The van der Waals surface area contributed by atoms with Gasteiger partial charge in [-0.15, -0.1) is 0 Å². The van der Waals surface area contributed by atoms with Crippen molar-refractivity contribution in [3.8, 4) is 0 Å². The van der Waals surface area contributed by atoms with Gasteiger partial charge in [0.25, 0.3) is 0 Å². The average Bonchev–Trinajstić information content (AvgIpc) is 2.53. The first-order valence-electron chi connectivity index (χ1n) is 9.42. The second-order valence-corrected chi connectivity index (χ2v) is 9.72. The predicted molar refractivity (Wildman–Crippen MR) is 101 cm³/mol. The van der Waals surface area contributed by atoms with Gasteiger partial charge in [0.15, 0.2) is 0 Å². The van der Waals surface area contributed by atoms with E-state index in [-0.39, 0.29) is 6.04 Å². The number of sulfonamides is 1. The third-order valence-electron chi connectivity index (χ3n) is 5.08. The summed E-state index contributed by atoms with van der Waals surface area (Å²) in [5, 5.41) is 0. The normalized spacial score (nSPS) is 18.2. The third kappa shape index (κ3) is 5.32. The lowest BCUT2D eigenvalue weighted by molar-refractivity contribution is 0.407. The summed E-state index contributed by atoms with van der Waals surface area (Å²) in [6, 6.07) is 7.66. The molecule has 0 amide bonds. The molecule has 0 radical (unpaired) electrons. The molecule has 0 spiro atoms. The lowest BCUT2D eigenvalue weighted by Crippen LogP contribution is -2.36. The first-order valence-corrected chi connectivity index (χ1v) is 10.9. The summed E-state index contributed by atoms with van der Waals surface area (Å²) in [6.07, 6.45) is 6.51. The van der Waals surface area contributed by atoms with Gasteiger partial charge in [0.05, 0.1) is 4.90 Å². The summed E-state index contributed by atoms with van der Waals surface area (Å²) < 4.78 is 28.1. The van der Waals surface area contributed by atoms with Gasteiger partial charge in [-0.05, 0) is 54.7 Å². The molecular weight excluding hydrogens is 318 g/mol. The fourth-order valence-corrected chi connectivity index (χ4v) is 5.01. The van der Waals surface area contributed by atoms with Gasteiger partial charge < -0.3 is 0 Å². The highest BCUT2D eigenvalue weighted by Crippen LogP contribution is 2.31. The van der Waals surface area contributed by atoms with E-state index >= 15 is 0 Å². The van der Waals surface area contributed by atoms with Crippen molar-refractivity contribution in [1.29, 1.82) is 0 Å². The van der Waals surface area contributed by atoms with Crippen LogP contribution in [0.1, 0.15) is 77.7 Å². The second-order valence-electron chi connectivity index (χ2n) is 8.01. The molecule has 0 bridgehead atoms. The molecule has 1 aromatic rings. The molecule has 1 atom stereocenters. The first-order chi connectivity index (χ1) is 11.3. The van der Waals surface area contributed by atoms with Crippen LogP contribution >= 0.6 is 0 Å². The minimum absolute atomic E-state index is 0.104. The molecule has 3 nitrogen and oxygen atoms in total. The van der Waals surface area contributed by atoms with Crippen molar-refractivity contribution < 1.29 is 8.42 Å². The molecule has 1 aromatic carbocycles. The molecule has 1 N–H and O–H groups in total. The van der Waals surface area contributed by atoms with Crippen LogP contribution in [0, 0.1) is 11.8 Å². The Morgan fingerprint density at radius 2 is 1.58 bits per heavy atom. The minimum atomic E-state index is -3.40. The van der Waals surface area contributed by atoms with E-state index in [1.165, 1.54) is 12.0 Å². The molecule has 1 saturated carbocycles. The van der Waals surface area contributed by atoms with Crippen LogP contribution in [-0.2, 0) is 10.0 Å². The third-order valence-corrected chi connectivity index (χ3v) is 6.61. The Morgan fingerprint density at radius 3 is 2.08 bits per heavy atom. The van der Waals surface area contributed by atoms with Crippen LogP contribution in [0.15, 0.2) is 29.2 Å². The van der Waals surface area contributed by atoms with E-state index < -0.39 is 10.0 Å². The van der Waals surface area contributed by atoms with Crippen LogP contribution in [0.3, 0.4) is 0 Å². The van der Waals surface area contributed by atoms with Gasteiger partial charge >= 0.3 is 0 Å². The molecular formula is C20H33NO2S. The molecule has 1 aliphatic rings. The van der Waals surface area contributed by atoms with Gasteiger partial charge in [-0.3, -0.25) is 0 Å². The van der Waals surface area contributed by atoms with Crippen LogP contribution in [0.2, 0.25) is 0 Å². The summed E-state index contributed by atoms with van der Waals surface area (Å²) in [6.45, 7) is 8.95. The molecule has 0 aliphatic heterocycles. The predicted octanol–water partition coefficient (Wildman–Crippen LogP) is 5.08. The Kier molecular flexibility index (Phi) is 6.88. The molecule has 0 aromatic heterocycles. The summed E-state index contributed by atoms with van der Waals surface area (Å²) in [4.78, 5) is 0.392. The van der Waals surface area contributed by atoms with Crippen molar-refractivity contribution >= 4 is 10.0 Å². The first kappa shape index (κ1) is 19.5. The summed E-state index contributed by atoms with van der Waals surface area (Å²) in [7, 11) is -3.40. The largest absolute Gasteiger partial charge is 0.240 e. The van der Waals surface area contributed by atoms with Crippen molar-refractivity contribution in [2.24, 2.45) is 11.8 Å². The van der Waals surface area contributed by atoms with Crippen LogP contribution < -0.4 is 4.72 Å². The molecule has 4 heteroatoms. The minimum Gasteiger partial charge on any atom is -0.208 e. The molecule has 136 valence electrons. The van der Waals surface area contributed by atoms with Crippen molar-refractivity contribution in [1.82, 2.24) is 4.72 Å². The monoisotopic (exact) mass is 351 g/mol. The van der Waals surface area contributed by atoms with E-state index in [9.17, 15) is 8.42 Å². The number of rotatable bonds is 7. The molecule has 1 unspecified atom stereocenters.